The fourth-order valence-corrected chi connectivity index (χ4v) is 2.94. The van der Waals surface area contributed by atoms with Gasteiger partial charge >= 0.3 is 0 Å². The van der Waals surface area contributed by atoms with Crippen LogP contribution in [0.5, 0.6) is 0 Å². The second kappa shape index (κ2) is 7.08. The Hall–Kier alpha value is -0.340. The number of hydrogen-bond donors (Lipinski definition) is 1. The zero-order chi connectivity index (χ0) is 11.9. The molecule has 0 aromatic heterocycles. The van der Waals surface area contributed by atoms with Gasteiger partial charge in [0, 0.05) is 13.1 Å². The highest BCUT2D eigenvalue weighted by molar-refractivity contribution is 4.88. The predicted molar refractivity (Wildman–Crippen MR) is 71.5 cm³/mol. The van der Waals surface area contributed by atoms with Crippen LogP contribution in [0.2, 0.25) is 0 Å². The third-order valence-corrected chi connectivity index (χ3v) is 3.83. The number of nitrogens with zero attached hydrogens (tertiary/aromatic N) is 1. The first kappa shape index (κ1) is 13.7. The topological polar surface area (TPSA) is 29.3 Å². The molecule has 1 aliphatic carbocycles. The van der Waals surface area contributed by atoms with Crippen LogP contribution >= 0.6 is 0 Å². The average Bonchev–Trinajstić information content (AvgIpc) is 2.31. The summed E-state index contributed by atoms with van der Waals surface area (Å²) < 4.78 is 0. The highest BCUT2D eigenvalue weighted by Gasteiger charge is 2.31. The molecule has 2 nitrogen and oxygen atoms in total. The Morgan fingerprint density at radius 2 is 2.00 bits per heavy atom. The van der Waals surface area contributed by atoms with E-state index in [0.29, 0.717) is 5.41 Å². The minimum absolute atomic E-state index is 0.399. The largest absolute Gasteiger partial charge is 0.330 e. The molecule has 2 N–H and O–H groups in total. The van der Waals surface area contributed by atoms with Crippen LogP contribution < -0.4 is 5.73 Å². The molecule has 94 valence electrons. The lowest BCUT2D eigenvalue weighted by Crippen LogP contribution is -2.44. The van der Waals surface area contributed by atoms with Gasteiger partial charge in [-0.15, -0.1) is 6.58 Å². The molecule has 0 bridgehead atoms. The summed E-state index contributed by atoms with van der Waals surface area (Å²) in [4.78, 5) is 2.52. The van der Waals surface area contributed by atoms with Crippen LogP contribution in [0.1, 0.15) is 45.4 Å². The maximum Gasteiger partial charge on any atom is 0.0160 e. The van der Waals surface area contributed by atoms with Gasteiger partial charge in [-0.3, -0.25) is 4.90 Å². The van der Waals surface area contributed by atoms with E-state index in [-0.39, 0.29) is 0 Å². The first-order valence-corrected chi connectivity index (χ1v) is 6.79. The fraction of sp³-hybridized carbons (Fsp3) is 0.857. The van der Waals surface area contributed by atoms with E-state index in [1.165, 1.54) is 51.6 Å². The summed E-state index contributed by atoms with van der Waals surface area (Å²) in [6, 6.07) is 0. The molecule has 16 heavy (non-hydrogen) atoms. The molecule has 1 saturated carbocycles. The summed E-state index contributed by atoms with van der Waals surface area (Å²) >= 11 is 0. The van der Waals surface area contributed by atoms with E-state index in [1.807, 2.05) is 6.08 Å². The molecule has 0 unspecified atom stereocenters. The monoisotopic (exact) mass is 224 g/mol. The number of hydrogen-bond acceptors (Lipinski definition) is 2. The molecule has 0 atom stereocenters. The summed E-state index contributed by atoms with van der Waals surface area (Å²) in [5.41, 5.74) is 6.43. The first-order valence-electron chi connectivity index (χ1n) is 6.79. The third kappa shape index (κ3) is 3.91. The van der Waals surface area contributed by atoms with Crippen molar-refractivity contribution in [3.63, 3.8) is 0 Å². The first-order chi connectivity index (χ1) is 7.76. The van der Waals surface area contributed by atoms with Gasteiger partial charge in [0.25, 0.3) is 0 Å². The lowest BCUT2D eigenvalue weighted by Gasteiger charge is -2.40. The second-order valence-electron chi connectivity index (χ2n) is 5.29. The van der Waals surface area contributed by atoms with Crippen molar-refractivity contribution in [2.45, 2.75) is 45.4 Å². The standard InChI is InChI=1S/C14H28N2/c1-3-10-16(11-4-2)13-14(12-15)8-6-5-7-9-14/h3H,1,4-13,15H2,2H3. The second-order valence-corrected chi connectivity index (χ2v) is 5.29. The van der Waals surface area contributed by atoms with E-state index in [2.05, 4.69) is 18.4 Å². The molecule has 0 aliphatic heterocycles. The van der Waals surface area contributed by atoms with Crippen molar-refractivity contribution in [1.82, 2.24) is 4.90 Å². The van der Waals surface area contributed by atoms with Gasteiger partial charge in [-0.2, -0.15) is 0 Å². The number of rotatable bonds is 7. The van der Waals surface area contributed by atoms with Crippen LogP contribution in [0.25, 0.3) is 0 Å². The van der Waals surface area contributed by atoms with E-state index in [4.69, 9.17) is 5.73 Å². The van der Waals surface area contributed by atoms with Gasteiger partial charge in [0.15, 0.2) is 0 Å². The van der Waals surface area contributed by atoms with Crippen molar-refractivity contribution in [2.24, 2.45) is 11.1 Å². The average molecular weight is 224 g/mol. The molecule has 0 heterocycles. The summed E-state index contributed by atoms with van der Waals surface area (Å²) in [5, 5.41) is 0. The molecule has 0 saturated heterocycles. The molecule has 2 heteroatoms. The van der Waals surface area contributed by atoms with E-state index in [1.54, 1.807) is 0 Å². The van der Waals surface area contributed by atoms with Crippen molar-refractivity contribution in [1.29, 1.82) is 0 Å². The number of nitrogens with two attached hydrogens (primary N) is 1. The third-order valence-electron chi connectivity index (χ3n) is 3.83. The Balaban J connectivity index is 2.53. The van der Waals surface area contributed by atoms with E-state index >= 15 is 0 Å². The summed E-state index contributed by atoms with van der Waals surface area (Å²) in [6.07, 6.45) is 10.0. The van der Waals surface area contributed by atoms with Crippen LogP contribution in [0.3, 0.4) is 0 Å². The van der Waals surface area contributed by atoms with Crippen molar-refractivity contribution in [2.75, 3.05) is 26.2 Å². The highest BCUT2D eigenvalue weighted by atomic mass is 15.1. The van der Waals surface area contributed by atoms with Gasteiger partial charge in [-0.25, -0.2) is 0 Å². The molecule has 0 spiro atoms. The Labute approximate surface area is 101 Å². The molecule has 1 aliphatic rings. The van der Waals surface area contributed by atoms with Gasteiger partial charge in [-0.05, 0) is 37.8 Å². The lowest BCUT2D eigenvalue weighted by atomic mass is 9.73. The Kier molecular flexibility index (Phi) is 6.07. The smallest absolute Gasteiger partial charge is 0.0160 e. The molecule has 0 radical (unpaired) electrons. The zero-order valence-electron chi connectivity index (χ0n) is 10.9. The van der Waals surface area contributed by atoms with Gasteiger partial charge in [0.1, 0.15) is 0 Å². The minimum Gasteiger partial charge on any atom is -0.330 e. The van der Waals surface area contributed by atoms with Crippen LogP contribution in [-0.2, 0) is 0 Å². The predicted octanol–water partition coefficient (Wildman–Crippen LogP) is 2.79. The van der Waals surface area contributed by atoms with Crippen molar-refractivity contribution < 1.29 is 0 Å². The zero-order valence-corrected chi connectivity index (χ0v) is 10.9. The molecule has 0 aromatic carbocycles. The van der Waals surface area contributed by atoms with Gasteiger partial charge in [0.2, 0.25) is 0 Å². The molecule has 0 aromatic rings. The molecule has 0 amide bonds. The summed E-state index contributed by atoms with van der Waals surface area (Å²) in [7, 11) is 0. The molecular formula is C14H28N2. The highest BCUT2D eigenvalue weighted by Crippen LogP contribution is 2.36. The van der Waals surface area contributed by atoms with Crippen LogP contribution in [0.15, 0.2) is 12.7 Å². The Morgan fingerprint density at radius 1 is 1.31 bits per heavy atom. The maximum atomic E-state index is 6.03. The van der Waals surface area contributed by atoms with Crippen LogP contribution in [-0.4, -0.2) is 31.1 Å². The van der Waals surface area contributed by atoms with E-state index in [0.717, 1.165) is 13.1 Å². The van der Waals surface area contributed by atoms with Crippen molar-refractivity contribution in [3.8, 4) is 0 Å². The van der Waals surface area contributed by atoms with Gasteiger partial charge in [0.05, 0.1) is 0 Å². The fourth-order valence-electron chi connectivity index (χ4n) is 2.94. The van der Waals surface area contributed by atoms with E-state index < -0.39 is 0 Å². The molecule has 1 rings (SSSR count). The lowest BCUT2D eigenvalue weighted by molar-refractivity contribution is 0.119. The van der Waals surface area contributed by atoms with Gasteiger partial charge < -0.3 is 5.73 Å². The van der Waals surface area contributed by atoms with Crippen molar-refractivity contribution in [3.05, 3.63) is 12.7 Å². The summed E-state index contributed by atoms with van der Waals surface area (Å²) in [5.74, 6) is 0. The van der Waals surface area contributed by atoms with Crippen molar-refractivity contribution >= 4 is 0 Å². The van der Waals surface area contributed by atoms with E-state index in [9.17, 15) is 0 Å². The Bertz CT molecular complexity index is 195. The minimum atomic E-state index is 0.399. The molecule has 1 fully saturated rings. The molecular weight excluding hydrogens is 196 g/mol. The quantitative estimate of drug-likeness (QED) is 0.674. The Morgan fingerprint density at radius 3 is 2.50 bits per heavy atom. The van der Waals surface area contributed by atoms with Crippen LogP contribution in [0.4, 0.5) is 0 Å². The maximum absolute atomic E-state index is 6.03. The SMILES string of the molecule is C=CCN(CCC)CC1(CN)CCCCC1. The van der Waals surface area contributed by atoms with Crippen LogP contribution in [0, 0.1) is 5.41 Å². The summed E-state index contributed by atoms with van der Waals surface area (Å²) in [6.45, 7) is 10.3. The van der Waals surface area contributed by atoms with Gasteiger partial charge in [-0.1, -0.05) is 32.3 Å². The normalized spacial score (nSPS) is 19.9.